The summed E-state index contributed by atoms with van der Waals surface area (Å²) in [6, 6.07) is 19.2. The highest BCUT2D eigenvalue weighted by molar-refractivity contribution is 7.99. The molecule has 0 radical (unpaired) electrons. The Labute approximate surface area is 159 Å². The lowest BCUT2D eigenvalue weighted by molar-refractivity contribution is 0.109. The van der Waals surface area contributed by atoms with Crippen LogP contribution in [-0.2, 0) is 13.1 Å². The SMILES string of the molecule is O=C(N1CCN(Cc2ccccc2)CC1)N1CCSc2ccccc2C1. The Morgan fingerprint density at radius 2 is 1.58 bits per heavy atom. The highest BCUT2D eigenvalue weighted by atomic mass is 32.2. The number of benzene rings is 2. The van der Waals surface area contributed by atoms with E-state index in [1.54, 1.807) is 0 Å². The Bertz CT molecular complexity index is 744. The van der Waals surface area contributed by atoms with E-state index in [1.165, 1.54) is 16.0 Å². The second kappa shape index (κ2) is 8.14. The second-order valence-corrected chi connectivity index (χ2v) is 8.05. The first-order chi connectivity index (χ1) is 12.8. The topological polar surface area (TPSA) is 26.8 Å². The molecular formula is C21H25N3OS. The van der Waals surface area contributed by atoms with Crippen molar-refractivity contribution in [1.82, 2.24) is 14.7 Å². The van der Waals surface area contributed by atoms with Gasteiger partial charge in [-0.25, -0.2) is 4.79 Å². The molecule has 0 N–H and O–H groups in total. The molecule has 1 saturated heterocycles. The average Bonchev–Trinajstić information content (AvgIpc) is 2.91. The van der Waals surface area contributed by atoms with E-state index in [4.69, 9.17) is 0 Å². The van der Waals surface area contributed by atoms with E-state index >= 15 is 0 Å². The maximum Gasteiger partial charge on any atom is 0.320 e. The molecule has 0 atom stereocenters. The predicted molar refractivity (Wildman–Crippen MR) is 106 cm³/mol. The number of hydrogen-bond acceptors (Lipinski definition) is 3. The van der Waals surface area contributed by atoms with Gasteiger partial charge in [-0.1, -0.05) is 48.5 Å². The van der Waals surface area contributed by atoms with E-state index in [0.717, 1.165) is 51.6 Å². The second-order valence-electron chi connectivity index (χ2n) is 6.91. The molecule has 136 valence electrons. The summed E-state index contributed by atoms with van der Waals surface area (Å²) in [5, 5.41) is 0. The third-order valence-electron chi connectivity index (χ3n) is 5.11. The van der Waals surface area contributed by atoms with Crippen LogP contribution in [0.3, 0.4) is 0 Å². The van der Waals surface area contributed by atoms with Crippen LogP contribution in [0.15, 0.2) is 59.5 Å². The van der Waals surface area contributed by atoms with E-state index < -0.39 is 0 Å². The number of carbonyl (C=O) groups is 1. The lowest BCUT2D eigenvalue weighted by Crippen LogP contribution is -2.52. The van der Waals surface area contributed by atoms with Gasteiger partial charge in [-0.05, 0) is 17.2 Å². The molecule has 2 heterocycles. The fourth-order valence-corrected chi connectivity index (χ4v) is 4.65. The molecule has 2 aliphatic heterocycles. The third-order valence-corrected chi connectivity index (χ3v) is 6.21. The van der Waals surface area contributed by atoms with Crippen molar-refractivity contribution in [3.05, 3.63) is 65.7 Å². The largest absolute Gasteiger partial charge is 0.322 e. The van der Waals surface area contributed by atoms with Gasteiger partial charge in [0.05, 0.1) is 0 Å². The molecule has 2 amide bonds. The fourth-order valence-electron chi connectivity index (χ4n) is 3.63. The van der Waals surface area contributed by atoms with Crippen LogP contribution >= 0.6 is 11.8 Å². The van der Waals surface area contributed by atoms with Crippen LogP contribution in [-0.4, -0.2) is 59.2 Å². The summed E-state index contributed by atoms with van der Waals surface area (Å²) >= 11 is 1.86. The molecule has 0 spiro atoms. The summed E-state index contributed by atoms with van der Waals surface area (Å²) in [4.78, 5) is 20.8. The van der Waals surface area contributed by atoms with Crippen LogP contribution in [0.2, 0.25) is 0 Å². The van der Waals surface area contributed by atoms with Crippen LogP contribution in [0.25, 0.3) is 0 Å². The maximum atomic E-state index is 13.0. The minimum atomic E-state index is 0.196. The van der Waals surface area contributed by atoms with Gasteiger partial charge in [0.25, 0.3) is 0 Å². The summed E-state index contributed by atoms with van der Waals surface area (Å²) in [7, 11) is 0. The Balaban J connectivity index is 1.33. The van der Waals surface area contributed by atoms with Crippen molar-refractivity contribution in [3.63, 3.8) is 0 Å². The Hall–Kier alpha value is -1.98. The summed E-state index contributed by atoms with van der Waals surface area (Å²) in [5.74, 6) is 0.969. The highest BCUT2D eigenvalue weighted by Crippen LogP contribution is 2.27. The lowest BCUT2D eigenvalue weighted by Gasteiger charge is -2.37. The molecule has 4 nitrogen and oxygen atoms in total. The zero-order valence-corrected chi connectivity index (χ0v) is 15.8. The van der Waals surface area contributed by atoms with E-state index in [2.05, 4.69) is 59.5 Å². The van der Waals surface area contributed by atoms with Crippen molar-refractivity contribution in [2.24, 2.45) is 0 Å². The molecule has 0 bridgehead atoms. The number of thioether (sulfide) groups is 1. The normalized spacial score (nSPS) is 18.3. The number of piperazine rings is 1. The molecule has 5 heteroatoms. The van der Waals surface area contributed by atoms with Gasteiger partial charge in [-0.15, -0.1) is 11.8 Å². The van der Waals surface area contributed by atoms with Gasteiger partial charge in [0, 0.05) is 56.5 Å². The van der Waals surface area contributed by atoms with Crippen molar-refractivity contribution in [2.45, 2.75) is 18.0 Å². The van der Waals surface area contributed by atoms with Gasteiger partial charge in [0.15, 0.2) is 0 Å². The number of hydrogen-bond donors (Lipinski definition) is 0. The molecular weight excluding hydrogens is 342 g/mol. The third kappa shape index (κ3) is 4.05. The van der Waals surface area contributed by atoms with Crippen molar-refractivity contribution in [3.8, 4) is 0 Å². The summed E-state index contributed by atoms with van der Waals surface area (Å²) < 4.78 is 0. The summed E-state index contributed by atoms with van der Waals surface area (Å²) in [5.41, 5.74) is 2.61. The Kier molecular flexibility index (Phi) is 5.46. The standard InChI is InChI=1S/C21H25N3OS/c25-21(24-14-15-26-20-9-5-4-8-19(20)17-24)23-12-10-22(11-13-23)16-18-6-2-1-3-7-18/h1-9H,10-17H2. The highest BCUT2D eigenvalue weighted by Gasteiger charge is 2.26. The van der Waals surface area contributed by atoms with Gasteiger partial charge in [-0.2, -0.15) is 0 Å². The lowest BCUT2D eigenvalue weighted by atomic mass is 10.2. The summed E-state index contributed by atoms with van der Waals surface area (Å²) in [6.45, 7) is 6.04. The Morgan fingerprint density at radius 1 is 0.846 bits per heavy atom. The number of amides is 2. The van der Waals surface area contributed by atoms with Crippen molar-refractivity contribution in [1.29, 1.82) is 0 Å². The number of rotatable bonds is 2. The minimum Gasteiger partial charge on any atom is -0.322 e. The van der Waals surface area contributed by atoms with Gasteiger partial charge in [-0.3, -0.25) is 4.90 Å². The number of carbonyl (C=O) groups excluding carboxylic acids is 1. The van der Waals surface area contributed by atoms with E-state index in [9.17, 15) is 4.79 Å². The predicted octanol–water partition coefficient (Wildman–Crippen LogP) is 3.53. The van der Waals surface area contributed by atoms with Crippen molar-refractivity contribution < 1.29 is 4.79 Å². The molecule has 2 aliphatic rings. The minimum absolute atomic E-state index is 0.196. The van der Waals surface area contributed by atoms with E-state index in [-0.39, 0.29) is 6.03 Å². The average molecular weight is 368 g/mol. The molecule has 26 heavy (non-hydrogen) atoms. The van der Waals surface area contributed by atoms with Crippen LogP contribution in [0.1, 0.15) is 11.1 Å². The van der Waals surface area contributed by atoms with Gasteiger partial charge in [0.2, 0.25) is 0 Å². The van der Waals surface area contributed by atoms with Crippen LogP contribution in [0.5, 0.6) is 0 Å². The van der Waals surface area contributed by atoms with E-state index in [0.29, 0.717) is 0 Å². The number of urea groups is 1. The van der Waals surface area contributed by atoms with Gasteiger partial charge >= 0.3 is 6.03 Å². The zero-order valence-electron chi connectivity index (χ0n) is 15.0. The van der Waals surface area contributed by atoms with Crippen LogP contribution in [0, 0.1) is 0 Å². The smallest absolute Gasteiger partial charge is 0.320 e. The van der Waals surface area contributed by atoms with Crippen molar-refractivity contribution >= 4 is 17.8 Å². The fraction of sp³-hybridized carbons (Fsp3) is 0.381. The first-order valence-electron chi connectivity index (χ1n) is 9.30. The molecule has 1 fully saturated rings. The first-order valence-corrected chi connectivity index (χ1v) is 10.3. The van der Waals surface area contributed by atoms with Crippen molar-refractivity contribution in [2.75, 3.05) is 38.5 Å². The first kappa shape index (κ1) is 17.4. The van der Waals surface area contributed by atoms with Crippen LogP contribution in [0.4, 0.5) is 4.79 Å². The molecule has 4 rings (SSSR count). The Morgan fingerprint density at radius 3 is 2.38 bits per heavy atom. The quantitative estimate of drug-likeness (QED) is 0.812. The molecule has 0 unspecified atom stereocenters. The maximum absolute atomic E-state index is 13.0. The van der Waals surface area contributed by atoms with Crippen LogP contribution < -0.4 is 0 Å². The molecule has 0 saturated carbocycles. The molecule has 0 aliphatic carbocycles. The monoisotopic (exact) mass is 367 g/mol. The molecule has 0 aromatic heterocycles. The summed E-state index contributed by atoms with van der Waals surface area (Å²) in [6.07, 6.45) is 0. The van der Waals surface area contributed by atoms with Gasteiger partial charge in [0.1, 0.15) is 0 Å². The number of fused-ring (bicyclic) bond motifs is 1. The molecule has 2 aromatic carbocycles. The zero-order chi connectivity index (χ0) is 17.8. The number of nitrogens with zero attached hydrogens (tertiary/aromatic N) is 3. The van der Waals surface area contributed by atoms with E-state index in [1.807, 2.05) is 21.6 Å². The molecule has 2 aromatic rings. The van der Waals surface area contributed by atoms with Gasteiger partial charge < -0.3 is 9.80 Å².